The highest BCUT2D eigenvalue weighted by molar-refractivity contribution is 5.79. The Morgan fingerprint density at radius 2 is 2.07 bits per heavy atom. The standard InChI is InChI=1S/C9H8N4O/c1-13(5-10)6-2-3-7-8(4-6)12-9(14)11-7/h2-4H,1H3,(H2,11,12,14). The van der Waals surface area contributed by atoms with Crippen LogP contribution in [-0.2, 0) is 0 Å². The molecule has 0 spiro atoms. The van der Waals surface area contributed by atoms with Gasteiger partial charge in [-0.05, 0) is 18.2 Å². The lowest BCUT2D eigenvalue weighted by Crippen LogP contribution is -2.07. The summed E-state index contributed by atoms with van der Waals surface area (Å²) in [6.45, 7) is 0. The van der Waals surface area contributed by atoms with Gasteiger partial charge in [0.15, 0.2) is 6.19 Å². The van der Waals surface area contributed by atoms with Crippen molar-refractivity contribution >= 4 is 16.7 Å². The lowest BCUT2D eigenvalue weighted by atomic mass is 10.2. The molecule has 2 N–H and O–H groups in total. The summed E-state index contributed by atoms with van der Waals surface area (Å²) in [7, 11) is 1.66. The molecule has 1 heterocycles. The molecular formula is C9H8N4O. The second-order valence-corrected chi connectivity index (χ2v) is 2.97. The quantitative estimate of drug-likeness (QED) is 0.512. The first-order valence-corrected chi connectivity index (χ1v) is 4.06. The monoisotopic (exact) mass is 188 g/mol. The predicted octanol–water partition coefficient (Wildman–Crippen LogP) is 0.773. The lowest BCUT2D eigenvalue weighted by Gasteiger charge is -2.07. The number of imidazole rings is 1. The van der Waals surface area contributed by atoms with Crippen molar-refractivity contribution in [1.82, 2.24) is 9.97 Å². The van der Waals surface area contributed by atoms with E-state index in [1.807, 2.05) is 6.19 Å². The Balaban J connectivity index is 2.62. The van der Waals surface area contributed by atoms with Crippen molar-refractivity contribution in [2.24, 2.45) is 0 Å². The number of nitriles is 1. The third kappa shape index (κ3) is 1.23. The third-order valence-corrected chi connectivity index (χ3v) is 2.04. The fourth-order valence-electron chi connectivity index (χ4n) is 1.29. The largest absolute Gasteiger partial charge is 0.323 e. The second kappa shape index (κ2) is 2.92. The molecule has 0 unspecified atom stereocenters. The maximum Gasteiger partial charge on any atom is 0.323 e. The number of benzene rings is 1. The number of aromatic amines is 2. The molecule has 0 saturated carbocycles. The number of hydrogen-bond acceptors (Lipinski definition) is 3. The first-order valence-electron chi connectivity index (χ1n) is 4.06. The molecule has 5 heteroatoms. The van der Waals surface area contributed by atoms with Crippen molar-refractivity contribution in [2.75, 3.05) is 11.9 Å². The Bertz CT molecular complexity index is 560. The van der Waals surface area contributed by atoms with Gasteiger partial charge in [0.1, 0.15) is 0 Å². The van der Waals surface area contributed by atoms with E-state index in [-0.39, 0.29) is 5.69 Å². The van der Waals surface area contributed by atoms with E-state index < -0.39 is 0 Å². The second-order valence-electron chi connectivity index (χ2n) is 2.97. The predicted molar refractivity (Wildman–Crippen MR) is 52.9 cm³/mol. The van der Waals surface area contributed by atoms with E-state index in [2.05, 4.69) is 9.97 Å². The molecular weight excluding hydrogens is 180 g/mol. The van der Waals surface area contributed by atoms with Crippen LogP contribution in [0, 0.1) is 11.5 Å². The topological polar surface area (TPSA) is 75.7 Å². The summed E-state index contributed by atoms with van der Waals surface area (Å²) in [5.41, 5.74) is 1.95. The first-order chi connectivity index (χ1) is 6.70. The molecule has 0 radical (unpaired) electrons. The molecule has 0 bridgehead atoms. The summed E-state index contributed by atoms with van der Waals surface area (Å²) < 4.78 is 0. The van der Waals surface area contributed by atoms with Gasteiger partial charge < -0.3 is 9.97 Å². The molecule has 0 saturated heterocycles. The van der Waals surface area contributed by atoms with Crippen molar-refractivity contribution in [2.45, 2.75) is 0 Å². The highest BCUT2D eigenvalue weighted by Crippen LogP contribution is 2.16. The van der Waals surface area contributed by atoms with E-state index in [4.69, 9.17) is 5.26 Å². The SMILES string of the molecule is CN(C#N)c1ccc2[nH]c(=O)[nH]c2c1. The molecule has 1 aromatic carbocycles. The lowest BCUT2D eigenvalue weighted by molar-refractivity contribution is 1.20. The van der Waals surface area contributed by atoms with Crippen LogP contribution in [0.25, 0.3) is 11.0 Å². The van der Waals surface area contributed by atoms with Crippen LogP contribution in [0.1, 0.15) is 0 Å². The molecule has 0 fully saturated rings. The molecule has 2 rings (SSSR count). The summed E-state index contributed by atoms with van der Waals surface area (Å²) in [6, 6.07) is 5.28. The van der Waals surface area contributed by atoms with Crippen LogP contribution in [0.15, 0.2) is 23.0 Å². The molecule has 0 amide bonds. The summed E-state index contributed by atoms with van der Waals surface area (Å²) in [5.74, 6) is 0. The Labute approximate surface area is 79.6 Å². The minimum absolute atomic E-state index is 0.239. The Morgan fingerprint density at radius 3 is 2.79 bits per heavy atom. The summed E-state index contributed by atoms with van der Waals surface area (Å²) in [6.07, 6.45) is 1.98. The number of H-pyrrole nitrogens is 2. The maximum atomic E-state index is 10.9. The van der Waals surface area contributed by atoms with Gasteiger partial charge in [-0.15, -0.1) is 0 Å². The van der Waals surface area contributed by atoms with Crippen LogP contribution in [0.3, 0.4) is 0 Å². The van der Waals surface area contributed by atoms with Gasteiger partial charge in [-0.1, -0.05) is 0 Å². The molecule has 0 atom stereocenters. The smallest absolute Gasteiger partial charge is 0.306 e. The van der Waals surface area contributed by atoms with Crippen molar-refractivity contribution in [3.8, 4) is 6.19 Å². The fraction of sp³-hybridized carbons (Fsp3) is 0.111. The maximum absolute atomic E-state index is 10.9. The normalized spacial score (nSPS) is 10.0. The number of fused-ring (bicyclic) bond motifs is 1. The van der Waals surface area contributed by atoms with E-state index >= 15 is 0 Å². The number of rotatable bonds is 1. The van der Waals surface area contributed by atoms with E-state index in [1.54, 1.807) is 25.2 Å². The summed E-state index contributed by atoms with van der Waals surface area (Å²) >= 11 is 0. The van der Waals surface area contributed by atoms with Gasteiger partial charge in [0.25, 0.3) is 0 Å². The number of nitrogens with one attached hydrogen (secondary N) is 2. The molecule has 0 aliphatic carbocycles. The van der Waals surface area contributed by atoms with Crippen LogP contribution in [-0.4, -0.2) is 17.0 Å². The third-order valence-electron chi connectivity index (χ3n) is 2.04. The molecule has 5 nitrogen and oxygen atoms in total. The number of hydrogen-bond donors (Lipinski definition) is 2. The summed E-state index contributed by atoms with van der Waals surface area (Å²) in [4.78, 5) is 17.6. The van der Waals surface area contributed by atoms with Gasteiger partial charge in [-0.2, -0.15) is 5.26 Å². The van der Waals surface area contributed by atoms with Crippen molar-refractivity contribution < 1.29 is 0 Å². The molecule has 2 aromatic rings. The summed E-state index contributed by atoms with van der Waals surface area (Å²) in [5, 5.41) is 8.66. The van der Waals surface area contributed by atoms with Crippen LogP contribution in [0.4, 0.5) is 5.69 Å². The van der Waals surface area contributed by atoms with Crippen molar-refractivity contribution in [1.29, 1.82) is 5.26 Å². The van der Waals surface area contributed by atoms with E-state index in [0.717, 1.165) is 11.2 Å². The number of anilines is 1. The van der Waals surface area contributed by atoms with Crippen LogP contribution >= 0.6 is 0 Å². The van der Waals surface area contributed by atoms with E-state index in [9.17, 15) is 4.79 Å². The van der Waals surface area contributed by atoms with Gasteiger partial charge in [0.2, 0.25) is 0 Å². The highest BCUT2D eigenvalue weighted by atomic mass is 16.1. The van der Waals surface area contributed by atoms with Gasteiger partial charge >= 0.3 is 5.69 Å². The van der Waals surface area contributed by atoms with Crippen molar-refractivity contribution in [3.05, 3.63) is 28.7 Å². The number of aromatic nitrogens is 2. The van der Waals surface area contributed by atoms with Gasteiger partial charge in [-0.25, -0.2) is 4.79 Å². The Hall–Kier alpha value is -2.22. The van der Waals surface area contributed by atoms with Gasteiger partial charge in [-0.3, -0.25) is 4.90 Å². The molecule has 1 aromatic heterocycles. The van der Waals surface area contributed by atoms with Crippen LogP contribution in [0.5, 0.6) is 0 Å². The minimum Gasteiger partial charge on any atom is -0.306 e. The fourth-order valence-corrected chi connectivity index (χ4v) is 1.29. The average molecular weight is 188 g/mol. The average Bonchev–Trinajstić information content (AvgIpc) is 2.55. The zero-order valence-corrected chi connectivity index (χ0v) is 7.53. The highest BCUT2D eigenvalue weighted by Gasteiger charge is 2.02. The first kappa shape index (κ1) is 8.38. The minimum atomic E-state index is -0.239. The molecule has 70 valence electrons. The molecule has 0 aliphatic heterocycles. The Kier molecular flexibility index (Phi) is 1.75. The van der Waals surface area contributed by atoms with E-state index in [0.29, 0.717) is 5.52 Å². The zero-order valence-electron chi connectivity index (χ0n) is 7.53. The van der Waals surface area contributed by atoms with Crippen LogP contribution < -0.4 is 10.6 Å². The van der Waals surface area contributed by atoms with Gasteiger partial charge in [0.05, 0.1) is 16.7 Å². The Morgan fingerprint density at radius 1 is 1.36 bits per heavy atom. The zero-order chi connectivity index (χ0) is 10.1. The molecule has 0 aliphatic rings. The van der Waals surface area contributed by atoms with E-state index in [1.165, 1.54) is 4.90 Å². The molecule has 14 heavy (non-hydrogen) atoms. The van der Waals surface area contributed by atoms with Crippen molar-refractivity contribution in [3.63, 3.8) is 0 Å². The number of nitrogens with zero attached hydrogens (tertiary/aromatic N) is 2. The van der Waals surface area contributed by atoms with Gasteiger partial charge in [0, 0.05) is 7.05 Å². The van der Waals surface area contributed by atoms with Crippen LogP contribution in [0.2, 0.25) is 0 Å².